The van der Waals surface area contributed by atoms with Crippen LogP contribution in [0.4, 0.5) is 0 Å². The maximum absolute atomic E-state index is 9.80. The molecular formula is C9H18O. The highest BCUT2D eigenvalue weighted by molar-refractivity contribution is 4.79. The van der Waals surface area contributed by atoms with Gasteiger partial charge >= 0.3 is 0 Å². The molecule has 1 aliphatic carbocycles. The van der Waals surface area contributed by atoms with Crippen LogP contribution in [0.15, 0.2) is 0 Å². The number of hydrogen-bond donors (Lipinski definition) is 0. The zero-order chi connectivity index (χ0) is 7.66. The summed E-state index contributed by atoms with van der Waals surface area (Å²) >= 11 is 0. The van der Waals surface area contributed by atoms with Gasteiger partial charge in [0.2, 0.25) is 0 Å². The molecule has 0 N–H and O–H groups in total. The Morgan fingerprint density at radius 2 is 1.80 bits per heavy atom. The predicted octanol–water partition coefficient (Wildman–Crippen LogP) is 2.98. The van der Waals surface area contributed by atoms with Gasteiger partial charge < -0.3 is 0 Å². The van der Waals surface area contributed by atoms with Crippen LogP contribution in [0.2, 0.25) is 0 Å². The summed E-state index contributed by atoms with van der Waals surface area (Å²) in [6.45, 7) is 2.25. The van der Waals surface area contributed by atoms with Gasteiger partial charge in [0.05, 0.1) is 6.61 Å². The molecule has 0 bridgehead atoms. The Morgan fingerprint density at radius 3 is 2.10 bits per heavy atom. The highest BCUT2D eigenvalue weighted by Crippen LogP contribution is 2.12. The Bertz CT molecular complexity index is 43.9. The van der Waals surface area contributed by atoms with E-state index in [1.165, 1.54) is 25.7 Å². The second kappa shape index (κ2) is 8.96. The minimum absolute atomic E-state index is 0.111. The van der Waals surface area contributed by atoms with Crippen molar-refractivity contribution >= 4 is 0 Å². The summed E-state index contributed by atoms with van der Waals surface area (Å²) in [5, 5.41) is 9.80. The molecule has 0 aromatic carbocycles. The predicted molar refractivity (Wildman–Crippen MR) is 43.2 cm³/mol. The molecule has 1 heteroatoms. The first kappa shape index (κ1) is 9.96. The molecule has 10 heavy (non-hydrogen) atoms. The molecular weight excluding hydrogens is 124 g/mol. The van der Waals surface area contributed by atoms with Gasteiger partial charge in [0, 0.05) is 0 Å². The standard InChI is InChI=1S/C6H13O.C3H5/c1-2-3-4-5-6-7;1-2-3-1/h2-6H2,1H3;1H,2-3H2. The fourth-order valence-corrected chi connectivity index (χ4v) is 0.529. The Balaban J connectivity index is 0.000000219. The summed E-state index contributed by atoms with van der Waals surface area (Å²) in [6.07, 6.45) is 9.44. The average Bonchev–Trinajstić information content (AvgIpc) is 2.73. The molecule has 1 nitrogen and oxygen atoms in total. The number of rotatable bonds is 4. The average molecular weight is 142 g/mol. The van der Waals surface area contributed by atoms with Crippen LogP contribution in [0.5, 0.6) is 0 Å². The van der Waals surface area contributed by atoms with Gasteiger partial charge in [-0.1, -0.05) is 26.2 Å². The third-order valence-electron chi connectivity index (χ3n) is 1.29. The normalized spacial score (nSPS) is 13.8. The highest BCUT2D eigenvalue weighted by atomic mass is 16.2. The zero-order valence-electron chi connectivity index (χ0n) is 6.94. The van der Waals surface area contributed by atoms with Crippen LogP contribution < -0.4 is 0 Å². The Labute approximate surface area is 64.5 Å². The van der Waals surface area contributed by atoms with E-state index in [4.69, 9.17) is 0 Å². The van der Waals surface area contributed by atoms with Crippen molar-refractivity contribution in [3.63, 3.8) is 0 Å². The topological polar surface area (TPSA) is 19.9 Å². The van der Waals surface area contributed by atoms with Crippen molar-refractivity contribution in [3.05, 3.63) is 6.42 Å². The summed E-state index contributed by atoms with van der Waals surface area (Å²) < 4.78 is 0. The second-order valence-electron chi connectivity index (χ2n) is 2.63. The van der Waals surface area contributed by atoms with Crippen molar-refractivity contribution in [2.45, 2.75) is 45.4 Å². The summed E-state index contributed by atoms with van der Waals surface area (Å²) in [4.78, 5) is 0. The molecule has 1 saturated carbocycles. The van der Waals surface area contributed by atoms with Gasteiger partial charge in [-0.3, -0.25) is 0 Å². The molecule has 0 aromatic rings. The molecule has 1 fully saturated rings. The van der Waals surface area contributed by atoms with Gasteiger partial charge in [-0.2, -0.15) is 0 Å². The van der Waals surface area contributed by atoms with E-state index in [2.05, 4.69) is 13.3 Å². The quantitative estimate of drug-likeness (QED) is 0.538. The van der Waals surface area contributed by atoms with Crippen molar-refractivity contribution in [1.29, 1.82) is 0 Å². The van der Waals surface area contributed by atoms with E-state index in [9.17, 15) is 5.11 Å². The third-order valence-corrected chi connectivity index (χ3v) is 1.29. The first-order valence-corrected chi connectivity index (χ1v) is 4.31. The minimum atomic E-state index is 0.111. The molecule has 1 rings (SSSR count). The smallest absolute Gasteiger partial charge is 0.0822 e. The van der Waals surface area contributed by atoms with Gasteiger partial charge in [-0.15, -0.1) is 0 Å². The minimum Gasteiger partial charge on any atom is -0.237 e. The van der Waals surface area contributed by atoms with Crippen LogP contribution in [-0.2, 0) is 5.11 Å². The van der Waals surface area contributed by atoms with Gasteiger partial charge in [-0.05, 0) is 25.7 Å². The van der Waals surface area contributed by atoms with Crippen LogP contribution in [0, 0.1) is 6.42 Å². The van der Waals surface area contributed by atoms with E-state index in [1.807, 2.05) is 0 Å². The van der Waals surface area contributed by atoms with Gasteiger partial charge in [-0.25, -0.2) is 5.11 Å². The number of unbranched alkanes of at least 4 members (excludes halogenated alkanes) is 3. The molecule has 2 radical (unpaired) electrons. The van der Waals surface area contributed by atoms with E-state index in [1.54, 1.807) is 0 Å². The van der Waals surface area contributed by atoms with Crippen molar-refractivity contribution in [2.24, 2.45) is 0 Å². The van der Waals surface area contributed by atoms with Gasteiger partial charge in [0.25, 0.3) is 0 Å². The summed E-state index contributed by atoms with van der Waals surface area (Å²) in [6, 6.07) is 0. The van der Waals surface area contributed by atoms with Crippen molar-refractivity contribution < 1.29 is 5.11 Å². The molecule has 0 spiro atoms. The molecule has 0 unspecified atom stereocenters. The third kappa shape index (κ3) is 15.7. The van der Waals surface area contributed by atoms with Crippen LogP contribution in [0.25, 0.3) is 0 Å². The molecule has 0 atom stereocenters. The van der Waals surface area contributed by atoms with Crippen molar-refractivity contribution in [1.82, 2.24) is 0 Å². The summed E-state index contributed by atoms with van der Waals surface area (Å²) in [7, 11) is 0. The van der Waals surface area contributed by atoms with E-state index in [-0.39, 0.29) is 6.61 Å². The SMILES string of the molecule is CCCCCC[O].[CH]1CC1. The maximum Gasteiger partial charge on any atom is 0.0822 e. The van der Waals surface area contributed by atoms with E-state index >= 15 is 0 Å². The Morgan fingerprint density at radius 1 is 1.20 bits per heavy atom. The fraction of sp³-hybridized carbons (Fsp3) is 0.889. The van der Waals surface area contributed by atoms with Crippen LogP contribution in [0.1, 0.15) is 45.4 Å². The van der Waals surface area contributed by atoms with Crippen molar-refractivity contribution in [3.8, 4) is 0 Å². The van der Waals surface area contributed by atoms with Crippen LogP contribution >= 0.6 is 0 Å². The highest BCUT2D eigenvalue weighted by Gasteiger charge is 1.95. The summed E-state index contributed by atoms with van der Waals surface area (Å²) in [5.74, 6) is 0. The molecule has 0 saturated heterocycles. The molecule has 1 aliphatic rings. The first-order valence-electron chi connectivity index (χ1n) is 4.31. The van der Waals surface area contributed by atoms with E-state index in [0.29, 0.717) is 0 Å². The van der Waals surface area contributed by atoms with E-state index < -0.39 is 0 Å². The monoisotopic (exact) mass is 142 g/mol. The Hall–Kier alpha value is -0.0400. The van der Waals surface area contributed by atoms with Gasteiger partial charge in [0.15, 0.2) is 0 Å². The number of hydrogen-bond acceptors (Lipinski definition) is 0. The lowest BCUT2D eigenvalue weighted by Gasteiger charge is -1.89. The van der Waals surface area contributed by atoms with Gasteiger partial charge in [0.1, 0.15) is 0 Å². The lowest BCUT2D eigenvalue weighted by Crippen LogP contribution is -1.78. The molecule has 0 heterocycles. The summed E-state index contributed by atoms with van der Waals surface area (Å²) in [5.41, 5.74) is 0. The zero-order valence-corrected chi connectivity index (χ0v) is 6.94. The maximum atomic E-state index is 9.80. The molecule has 60 valence electrons. The van der Waals surface area contributed by atoms with Crippen LogP contribution in [0.3, 0.4) is 0 Å². The molecule has 0 aromatic heterocycles. The largest absolute Gasteiger partial charge is 0.237 e. The van der Waals surface area contributed by atoms with Crippen molar-refractivity contribution in [2.75, 3.05) is 6.61 Å². The second-order valence-corrected chi connectivity index (χ2v) is 2.63. The molecule has 0 amide bonds. The fourth-order valence-electron chi connectivity index (χ4n) is 0.529. The lowest BCUT2D eigenvalue weighted by molar-refractivity contribution is 0.186. The first-order chi connectivity index (χ1) is 4.91. The van der Waals surface area contributed by atoms with Crippen LogP contribution in [-0.4, -0.2) is 6.61 Å². The Kier molecular flexibility index (Phi) is 8.92. The van der Waals surface area contributed by atoms with E-state index in [0.717, 1.165) is 12.8 Å². The molecule has 0 aliphatic heterocycles. The lowest BCUT2D eigenvalue weighted by atomic mass is 10.2.